The first-order chi connectivity index (χ1) is 13.7. The number of benzene rings is 2. The summed E-state index contributed by atoms with van der Waals surface area (Å²) in [6.07, 6.45) is 1.80. The lowest BCUT2D eigenvalue weighted by Gasteiger charge is -2.29. The summed E-state index contributed by atoms with van der Waals surface area (Å²) in [6.45, 7) is 3.71. The van der Waals surface area contributed by atoms with E-state index in [-0.39, 0.29) is 11.8 Å². The largest absolute Gasteiger partial charge is 0.369 e. The van der Waals surface area contributed by atoms with E-state index in [0.29, 0.717) is 11.1 Å². The maximum absolute atomic E-state index is 12.7. The molecule has 28 heavy (non-hydrogen) atoms. The number of hydrogen-bond acceptors (Lipinski definition) is 4. The van der Waals surface area contributed by atoms with Crippen molar-refractivity contribution in [3.8, 4) is 0 Å². The fourth-order valence-corrected chi connectivity index (χ4v) is 4.05. The van der Waals surface area contributed by atoms with Gasteiger partial charge in [-0.3, -0.25) is 14.9 Å². The number of carbonyl (C=O) groups excluding carboxylic acids is 2. The van der Waals surface area contributed by atoms with Gasteiger partial charge in [0.1, 0.15) is 0 Å². The molecule has 0 saturated carbocycles. The van der Waals surface area contributed by atoms with E-state index in [1.807, 2.05) is 42.5 Å². The molecule has 6 nitrogen and oxygen atoms in total. The fourth-order valence-electron chi connectivity index (χ4n) is 4.05. The summed E-state index contributed by atoms with van der Waals surface area (Å²) in [5.41, 5.74) is 4.39. The van der Waals surface area contributed by atoms with Crippen LogP contribution in [-0.2, 0) is 9.59 Å². The van der Waals surface area contributed by atoms with Gasteiger partial charge in [0, 0.05) is 54.5 Å². The van der Waals surface area contributed by atoms with Crippen molar-refractivity contribution in [3.63, 3.8) is 0 Å². The standard InChI is InChI=1S/C22H20N4O2/c27-21-19(14-4-3-5-15(12-14)26-10-8-23-9-11-26)20(22(28)25-21)17-13-24-18-7-2-1-6-16(17)18/h1-7,12-13,23-24H,8-11H2,(H,25,27,28). The number of fused-ring (bicyclic) bond motifs is 1. The Hall–Kier alpha value is -3.38. The highest BCUT2D eigenvalue weighted by atomic mass is 16.2. The minimum atomic E-state index is -0.350. The maximum atomic E-state index is 12.7. The number of nitrogens with one attached hydrogen (secondary N) is 3. The average Bonchev–Trinajstić information content (AvgIpc) is 3.28. The molecule has 0 atom stereocenters. The third-order valence-electron chi connectivity index (χ3n) is 5.41. The molecule has 2 aromatic carbocycles. The highest BCUT2D eigenvalue weighted by Gasteiger charge is 2.33. The molecule has 5 rings (SSSR count). The van der Waals surface area contributed by atoms with E-state index in [9.17, 15) is 9.59 Å². The topological polar surface area (TPSA) is 77.2 Å². The SMILES string of the molecule is O=C1NC(=O)C(c2c[nH]c3ccccc23)=C1c1cccc(N2CCNCC2)c1. The van der Waals surface area contributed by atoms with Crippen molar-refractivity contribution in [1.29, 1.82) is 0 Å². The zero-order chi connectivity index (χ0) is 19.1. The molecular weight excluding hydrogens is 352 g/mol. The maximum Gasteiger partial charge on any atom is 0.259 e. The van der Waals surface area contributed by atoms with Crippen LogP contribution >= 0.6 is 0 Å². The van der Waals surface area contributed by atoms with Gasteiger partial charge in [-0.05, 0) is 23.8 Å². The molecule has 0 bridgehead atoms. The van der Waals surface area contributed by atoms with Gasteiger partial charge in [0.25, 0.3) is 11.8 Å². The molecule has 3 N–H and O–H groups in total. The average molecular weight is 372 g/mol. The molecule has 0 aliphatic carbocycles. The first-order valence-corrected chi connectivity index (χ1v) is 9.45. The summed E-state index contributed by atoms with van der Waals surface area (Å²) in [6, 6.07) is 15.7. The Morgan fingerprint density at radius 2 is 1.64 bits per heavy atom. The van der Waals surface area contributed by atoms with Crippen LogP contribution in [0, 0.1) is 0 Å². The highest BCUT2D eigenvalue weighted by Crippen LogP contribution is 2.35. The third-order valence-corrected chi connectivity index (χ3v) is 5.41. The summed E-state index contributed by atoms with van der Waals surface area (Å²) < 4.78 is 0. The molecule has 0 unspecified atom stereocenters. The van der Waals surface area contributed by atoms with Crippen molar-refractivity contribution in [2.24, 2.45) is 0 Å². The quantitative estimate of drug-likeness (QED) is 0.616. The van der Waals surface area contributed by atoms with Crippen molar-refractivity contribution >= 4 is 39.6 Å². The number of nitrogens with zero attached hydrogens (tertiary/aromatic N) is 1. The van der Waals surface area contributed by atoms with Crippen LogP contribution in [0.2, 0.25) is 0 Å². The van der Waals surface area contributed by atoms with Gasteiger partial charge in [-0.15, -0.1) is 0 Å². The number of para-hydroxylation sites is 1. The highest BCUT2D eigenvalue weighted by molar-refractivity contribution is 6.50. The zero-order valence-corrected chi connectivity index (χ0v) is 15.3. The van der Waals surface area contributed by atoms with Gasteiger partial charge in [-0.1, -0.05) is 30.3 Å². The van der Waals surface area contributed by atoms with Crippen LogP contribution in [0.25, 0.3) is 22.0 Å². The second kappa shape index (κ2) is 6.65. The van der Waals surface area contributed by atoms with Crippen LogP contribution in [0.15, 0.2) is 54.7 Å². The third kappa shape index (κ3) is 2.70. The lowest BCUT2D eigenvalue weighted by atomic mass is 9.95. The van der Waals surface area contributed by atoms with Crippen molar-refractivity contribution in [1.82, 2.24) is 15.6 Å². The molecular formula is C22H20N4O2. The van der Waals surface area contributed by atoms with Crippen LogP contribution in [0.4, 0.5) is 5.69 Å². The predicted molar refractivity (Wildman–Crippen MR) is 110 cm³/mol. The summed E-state index contributed by atoms with van der Waals surface area (Å²) in [5.74, 6) is -0.694. The molecule has 2 aliphatic rings. The van der Waals surface area contributed by atoms with Crippen LogP contribution in [-0.4, -0.2) is 43.0 Å². The van der Waals surface area contributed by atoms with E-state index < -0.39 is 0 Å². The molecule has 2 aliphatic heterocycles. The van der Waals surface area contributed by atoms with Crippen molar-refractivity contribution in [3.05, 3.63) is 65.9 Å². The minimum absolute atomic E-state index is 0.345. The van der Waals surface area contributed by atoms with E-state index in [0.717, 1.165) is 53.9 Å². The molecule has 6 heteroatoms. The van der Waals surface area contributed by atoms with Gasteiger partial charge in [0.05, 0.1) is 11.1 Å². The number of H-pyrrole nitrogens is 1. The van der Waals surface area contributed by atoms with Gasteiger partial charge in [0.2, 0.25) is 0 Å². The Balaban J connectivity index is 1.66. The second-order valence-corrected chi connectivity index (χ2v) is 7.07. The molecule has 3 aromatic rings. The molecule has 3 heterocycles. The summed E-state index contributed by atoms with van der Waals surface area (Å²) in [4.78, 5) is 30.9. The number of hydrogen-bond donors (Lipinski definition) is 3. The van der Waals surface area contributed by atoms with Crippen molar-refractivity contribution < 1.29 is 9.59 Å². The number of imide groups is 1. The van der Waals surface area contributed by atoms with Gasteiger partial charge in [-0.2, -0.15) is 0 Å². The van der Waals surface area contributed by atoms with E-state index >= 15 is 0 Å². The number of carbonyl (C=O) groups is 2. The Bertz CT molecular complexity index is 1120. The summed E-state index contributed by atoms with van der Waals surface area (Å²) in [7, 11) is 0. The van der Waals surface area contributed by atoms with E-state index in [1.54, 1.807) is 6.20 Å². The van der Waals surface area contributed by atoms with Gasteiger partial charge in [-0.25, -0.2) is 0 Å². The van der Waals surface area contributed by atoms with E-state index in [1.165, 1.54) is 0 Å². The number of anilines is 1. The van der Waals surface area contributed by atoms with Crippen LogP contribution < -0.4 is 15.5 Å². The Morgan fingerprint density at radius 1 is 0.857 bits per heavy atom. The first-order valence-electron chi connectivity index (χ1n) is 9.45. The van der Waals surface area contributed by atoms with Gasteiger partial charge < -0.3 is 15.2 Å². The first kappa shape index (κ1) is 16.8. The molecule has 0 spiro atoms. The molecule has 1 aromatic heterocycles. The Labute approximate surface area is 162 Å². The number of rotatable bonds is 3. The van der Waals surface area contributed by atoms with Crippen LogP contribution in [0.1, 0.15) is 11.1 Å². The predicted octanol–water partition coefficient (Wildman–Crippen LogP) is 2.14. The molecule has 1 fully saturated rings. The molecule has 1 saturated heterocycles. The monoisotopic (exact) mass is 372 g/mol. The van der Waals surface area contributed by atoms with Crippen molar-refractivity contribution in [2.75, 3.05) is 31.1 Å². The summed E-state index contributed by atoms with van der Waals surface area (Å²) in [5, 5.41) is 6.75. The molecule has 140 valence electrons. The smallest absolute Gasteiger partial charge is 0.259 e. The normalized spacial score (nSPS) is 17.5. The van der Waals surface area contributed by atoms with E-state index in [2.05, 4.69) is 26.6 Å². The lowest BCUT2D eigenvalue weighted by Crippen LogP contribution is -2.43. The van der Waals surface area contributed by atoms with Gasteiger partial charge in [0.15, 0.2) is 0 Å². The lowest BCUT2D eigenvalue weighted by molar-refractivity contribution is -0.122. The van der Waals surface area contributed by atoms with Crippen LogP contribution in [0.3, 0.4) is 0 Å². The minimum Gasteiger partial charge on any atom is -0.369 e. The van der Waals surface area contributed by atoms with Gasteiger partial charge >= 0.3 is 0 Å². The second-order valence-electron chi connectivity index (χ2n) is 7.07. The van der Waals surface area contributed by atoms with Crippen LogP contribution in [0.5, 0.6) is 0 Å². The number of aromatic nitrogens is 1. The molecule has 2 amide bonds. The molecule has 0 radical (unpaired) electrons. The Kier molecular flexibility index (Phi) is 3.98. The number of piperazine rings is 1. The van der Waals surface area contributed by atoms with E-state index in [4.69, 9.17) is 0 Å². The van der Waals surface area contributed by atoms with Crippen molar-refractivity contribution in [2.45, 2.75) is 0 Å². The number of amides is 2. The Morgan fingerprint density at radius 3 is 2.50 bits per heavy atom. The summed E-state index contributed by atoms with van der Waals surface area (Å²) >= 11 is 0. The number of aromatic amines is 1. The fraction of sp³-hybridized carbons (Fsp3) is 0.182. The zero-order valence-electron chi connectivity index (χ0n) is 15.3.